The summed E-state index contributed by atoms with van der Waals surface area (Å²) in [6.07, 6.45) is -0.611. The van der Waals surface area contributed by atoms with Crippen molar-refractivity contribution in [2.24, 2.45) is 0 Å². The van der Waals surface area contributed by atoms with Gasteiger partial charge in [0.15, 0.2) is 11.6 Å². The lowest BCUT2D eigenvalue weighted by Gasteiger charge is -2.29. The number of amides is 1. The van der Waals surface area contributed by atoms with E-state index < -0.39 is 17.7 Å². The van der Waals surface area contributed by atoms with Crippen LogP contribution in [0, 0.1) is 5.82 Å². The standard InChI is InChI=1S/C28H29FN2O7/c29-25-16-20-19-31(28(33)38-27(20)18-26(25)32)21-4-6-23(7-5-21)36-14-12-35-13-15-37-24-3-1-2-22(17-24)30-8-10-34-11-9-30/h1-7,16-18,32H,8-15,19H2. The van der Waals surface area contributed by atoms with Gasteiger partial charge in [0.25, 0.3) is 0 Å². The Labute approximate surface area is 219 Å². The Morgan fingerprint density at radius 3 is 2.37 bits per heavy atom. The Bertz CT molecular complexity index is 1250. The minimum atomic E-state index is -0.767. The van der Waals surface area contributed by atoms with Crippen molar-refractivity contribution in [1.29, 1.82) is 0 Å². The highest BCUT2D eigenvalue weighted by atomic mass is 19.1. The van der Waals surface area contributed by atoms with Gasteiger partial charge in [-0.2, -0.15) is 0 Å². The lowest BCUT2D eigenvalue weighted by molar-refractivity contribution is 0.0764. The number of anilines is 2. The van der Waals surface area contributed by atoms with Crippen molar-refractivity contribution in [3.63, 3.8) is 0 Å². The summed E-state index contributed by atoms with van der Waals surface area (Å²) >= 11 is 0. The Hall–Kier alpha value is -4.02. The zero-order valence-corrected chi connectivity index (χ0v) is 20.8. The smallest absolute Gasteiger partial charge is 0.420 e. The Morgan fingerprint density at radius 1 is 0.868 bits per heavy atom. The highest BCUT2D eigenvalue weighted by Crippen LogP contribution is 2.34. The molecule has 0 atom stereocenters. The molecule has 9 nitrogen and oxygen atoms in total. The largest absolute Gasteiger partial charge is 0.505 e. The molecule has 0 bridgehead atoms. The Kier molecular flexibility index (Phi) is 8.10. The molecule has 5 rings (SSSR count). The Morgan fingerprint density at radius 2 is 1.61 bits per heavy atom. The van der Waals surface area contributed by atoms with Crippen LogP contribution in [0.1, 0.15) is 5.56 Å². The number of phenolic OH excluding ortho intramolecular Hbond substituents is 1. The van der Waals surface area contributed by atoms with Crippen molar-refractivity contribution >= 4 is 17.5 Å². The van der Waals surface area contributed by atoms with Crippen molar-refractivity contribution in [1.82, 2.24) is 0 Å². The number of morpholine rings is 1. The van der Waals surface area contributed by atoms with E-state index in [-0.39, 0.29) is 12.3 Å². The predicted molar refractivity (Wildman–Crippen MR) is 138 cm³/mol. The molecule has 2 heterocycles. The third-order valence-corrected chi connectivity index (χ3v) is 6.21. The van der Waals surface area contributed by atoms with Crippen LogP contribution in [0.5, 0.6) is 23.0 Å². The molecule has 1 fully saturated rings. The number of hydrogen-bond donors (Lipinski definition) is 1. The second-order valence-electron chi connectivity index (χ2n) is 8.77. The third kappa shape index (κ3) is 6.27. The molecule has 0 spiro atoms. The van der Waals surface area contributed by atoms with Gasteiger partial charge in [-0.25, -0.2) is 9.18 Å². The number of aromatic hydroxyl groups is 1. The van der Waals surface area contributed by atoms with Gasteiger partial charge in [-0.1, -0.05) is 6.07 Å². The molecule has 2 aliphatic heterocycles. The number of fused-ring (bicyclic) bond motifs is 1. The number of carbonyl (C=O) groups excluding carboxylic acids is 1. The van der Waals surface area contributed by atoms with Gasteiger partial charge in [0, 0.05) is 42.2 Å². The summed E-state index contributed by atoms with van der Waals surface area (Å²) in [7, 11) is 0. The van der Waals surface area contributed by atoms with Gasteiger partial charge in [0.2, 0.25) is 0 Å². The van der Waals surface area contributed by atoms with E-state index in [1.54, 1.807) is 24.3 Å². The number of nitrogens with zero attached hydrogens (tertiary/aromatic N) is 2. The maximum absolute atomic E-state index is 13.7. The fourth-order valence-electron chi connectivity index (χ4n) is 4.24. The molecular weight excluding hydrogens is 495 g/mol. The van der Waals surface area contributed by atoms with E-state index in [0.29, 0.717) is 43.4 Å². The predicted octanol–water partition coefficient (Wildman–Crippen LogP) is 4.36. The molecule has 2 aliphatic rings. The fraction of sp³-hybridized carbons (Fsp3) is 0.321. The first-order chi connectivity index (χ1) is 18.6. The van der Waals surface area contributed by atoms with Crippen molar-refractivity contribution in [2.75, 3.05) is 62.5 Å². The van der Waals surface area contributed by atoms with E-state index in [2.05, 4.69) is 11.0 Å². The van der Waals surface area contributed by atoms with Crippen LogP contribution in [0.25, 0.3) is 0 Å². The zero-order chi connectivity index (χ0) is 26.3. The van der Waals surface area contributed by atoms with Crippen LogP contribution in [0.3, 0.4) is 0 Å². The lowest BCUT2D eigenvalue weighted by Crippen LogP contribution is -2.37. The molecule has 10 heteroatoms. The van der Waals surface area contributed by atoms with Crippen LogP contribution in [0.15, 0.2) is 60.7 Å². The molecule has 3 aromatic rings. The normalized spacial score (nSPS) is 15.1. The van der Waals surface area contributed by atoms with Crippen LogP contribution < -0.4 is 24.0 Å². The quantitative estimate of drug-likeness (QED) is 0.392. The first kappa shape index (κ1) is 25.6. The number of halogens is 1. The van der Waals surface area contributed by atoms with Crippen LogP contribution in [-0.4, -0.2) is 63.9 Å². The fourth-order valence-corrected chi connectivity index (χ4v) is 4.24. The molecule has 0 unspecified atom stereocenters. The first-order valence-electron chi connectivity index (χ1n) is 12.4. The van der Waals surface area contributed by atoms with Gasteiger partial charge in [0.1, 0.15) is 30.5 Å². The van der Waals surface area contributed by atoms with Crippen LogP contribution in [-0.2, 0) is 16.0 Å². The number of rotatable bonds is 10. The molecule has 38 heavy (non-hydrogen) atoms. The van der Waals surface area contributed by atoms with E-state index in [1.807, 2.05) is 18.2 Å². The van der Waals surface area contributed by atoms with E-state index >= 15 is 0 Å². The third-order valence-electron chi connectivity index (χ3n) is 6.21. The molecule has 200 valence electrons. The Balaban J connectivity index is 1.02. The topological polar surface area (TPSA) is 89.9 Å². The highest BCUT2D eigenvalue weighted by molar-refractivity contribution is 5.91. The number of carbonyl (C=O) groups is 1. The molecule has 1 amide bonds. The molecule has 0 aromatic heterocycles. The second-order valence-corrected chi connectivity index (χ2v) is 8.77. The van der Waals surface area contributed by atoms with Gasteiger partial charge in [-0.3, -0.25) is 4.90 Å². The number of phenols is 1. The molecule has 3 aromatic carbocycles. The molecule has 0 aliphatic carbocycles. The molecule has 1 N–H and O–H groups in total. The average Bonchev–Trinajstić information content (AvgIpc) is 2.94. The highest BCUT2D eigenvalue weighted by Gasteiger charge is 2.27. The van der Waals surface area contributed by atoms with Crippen molar-refractivity contribution in [3.05, 3.63) is 72.0 Å². The monoisotopic (exact) mass is 524 g/mol. The molecule has 1 saturated heterocycles. The summed E-state index contributed by atoms with van der Waals surface area (Å²) in [5.41, 5.74) is 2.17. The van der Waals surface area contributed by atoms with Gasteiger partial charge >= 0.3 is 6.09 Å². The SMILES string of the molecule is O=C1Oc2cc(O)c(F)cc2CN1c1ccc(OCCOCCOc2cccc(N3CCOCC3)c2)cc1. The van der Waals surface area contributed by atoms with Crippen LogP contribution in [0.2, 0.25) is 0 Å². The number of hydrogen-bond acceptors (Lipinski definition) is 8. The van der Waals surface area contributed by atoms with Crippen LogP contribution in [0.4, 0.5) is 20.6 Å². The summed E-state index contributed by atoms with van der Waals surface area (Å²) < 4.78 is 41.5. The van der Waals surface area contributed by atoms with E-state index in [4.69, 9.17) is 23.7 Å². The number of ether oxygens (including phenoxy) is 5. The zero-order valence-electron chi connectivity index (χ0n) is 20.8. The van der Waals surface area contributed by atoms with E-state index in [9.17, 15) is 14.3 Å². The summed E-state index contributed by atoms with van der Waals surface area (Å²) in [5, 5.41) is 9.49. The van der Waals surface area contributed by atoms with Crippen LogP contribution >= 0.6 is 0 Å². The maximum Gasteiger partial charge on any atom is 0.420 e. The van der Waals surface area contributed by atoms with Crippen molar-refractivity contribution in [3.8, 4) is 23.0 Å². The first-order valence-corrected chi connectivity index (χ1v) is 12.4. The van der Waals surface area contributed by atoms with Gasteiger partial charge in [-0.05, 0) is 42.5 Å². The molecule has 0 radical (unpaired) electrons. The number of benzene rings is 3. The maximum atomic E-state index is 13.7. The van der Waals surface area contributed by atoms with Gasteiger partial charge in [-0.15, -0.1) is 0 Å². The minimum Gasteiger partial charge on any atom is -0.505 e. The molecule has 0 saturated carbocycles. The van der Waals surface area contributed by atoms with Crippen molar-refractivity contribution in [2.45, 2.75) is 6.54 Å². The van der Waals surface area contributed by atoms with E-state index in [0.717, 1.165) is 49.9 Å². The summed E-state index contributed by atoms with van der Waals surface area (Å²) in [4.78, 5) is 16.0. The summed E-state index contributed by atoms with van der Waals surface area (Å²) in [5.74, 6) is 0.250. The molecular formula is C28H29FN2O7. The summed E-state index contributed by atoms with van der Waals surface area (Å²) in [6, 6.07) is 17.2. The second kappa shape index (κ2) is 12.0. The lowest BCUT2D eigenvalue weighted by atomic mass is 10.1. The average molecular weight is 525 g/mol. The van der Waals surface area contributed by atoms with Crippen molar-refractivity contribution < 1.29 is 38.0 Å². The van der Waals surface area contributed by atoms with Gasteiger partial charge in [0.05, 0.1) is 33.0 Å². The van der Waals surface area contributed by atoms with Gasteiger partial charge < -0.3 is 33.7 Å². The van der Waals surface area contributed by atoms with E-state index in [1.165, 1.54) is 4.90 Å². The minimum absolute atomic E-state index is 0.124. The summed E-state index contributed by atoms with van der Waals surface area (Å²) in [6.45, 7) is 4.97.